The van der Waals surface area contributed by atoms with Crippen LogP contribution in [0.25, 0.3) is 0 Å². The molecule has 0 bridgehead atoms. The van der Waals surface area contributed by atoms with Gasteiger partial charge in [-0.05, 0) is 43.5 Å². The summed E-state index contributed by atoms with van der Waals surface area (Å²) in [6, 6.07) is 3.09. The molecule has 0 unspecified atom stereocenters. The molecule has 1 saturated heterocycles. The molecular formula is C13H17ClN2O4. The molecule has 0 atom stereocenters. The third-order valence-corrected chi connectivity index (χ3v) is 3.36. The maximum absolute atomic E-state index is 11.9. The highest BCUT2D eigenvalue weighted by Gasteiger charge is 2.25. The van der Waals surface area contributed by atoms with Crippen molar-refractivity contribution in [1.82, 2.24) is 10.2 Å². The smallest absolute Gasteiger partial charge is 0.409 e. The van der Waals surface area contributed by atoms with E-state index >= 15 is 0 Å². The quantitative estimate of drug-likeness (QED) is 0.929. The molecule has 0 spiro atoms. The number of hydrogen-bond acceptors (Lipinski definition) is 4. The van der Waals surface area contributed by atoms with Crippen LogP contribution in [-0.4, -0.2) is 42.6 Å². The van der Waals surface area contributed by atoms with Crippen molar-refractivity contribution in [1.29, 1.82) is 0 Å². The summed E-state index contributed by atoms with van der Waals surface area (Å²) in [4.78, 5) is 25.1. The Morgan fingerprint density at radius 3 is 2.70 bits per heavy atom. The maximum Gasteiger partial charge on any atom is 0.409 e. The summed E-state index contributed by atoms with van der Waals surface area (Å²) in [7, 11) is 0. The first-order valence-corrected chi connectivity index (χ1v) is 6.96. The summed E-state index contributed by atoms with van der Waals surface area (Å²) in [5.74, 6) is -0.0886. The number of hydrogen-bond donors (Lipinski definition) is 1. The average Bonchev–Trinajstić information content (AvgIpc) is 2.86. The number of halogens is 1. The topological polar surface area (TPSA) is 71.8 Å². The van der Waals surface area contributed by atoms with Gasteiger partial charge in [-0.25, -0.2) is 4.79 Å². The summed E-state index contributed by atoms with van der Waals surface area (Å²) < 4.78 is 9.99. The van der Waals surface area contributed by atoms with E-state index in [9.17, 15) is 9.59 Å². The average molecular weight is 301 g/mol. The summed E-state index contributed by atoms with van der Waals surface area (Å²) >= 11 is 5.63. The lowest BCUT2D eigenvalue weighted by molar-refractivity contribution is 0.0840. The lowest BCUT2D eigenvalue weighted by Crippen LogP contribution is -2.46. The summed E-state index contributed by atoms with van der Waals surface area (Å²) in [6.45, 7) is 3.29. The standard InChI is InChI=1S/C13H17ClN2O4/c1-2-19-13(18)16-7-5-9(6-8-16)15-12(17)10-3-4-11(14)20-10/h3-4,9H,2,5-8H2,1H3,(H,15,17). The number of likely N-dealkylation sites (tertiary alicyclic amines) is 1. The van der Waals surface area contributed by atoms with Crippen LogP contribution >= 0.6 is 11.6 Å². The van der Waals surface area contributed by atoms with Gasteiger partial charge in [-0.15, -0.1) is 0 Å². The molecule has 6 nitrogen and oxygen atoms in total. The highest BCUT2D eigenvalue weighted by atomic mass is 35.5. The predicted molar refractivity (Wildman–Crippen MR) is 72.8 cm³/mol. The molecule has 2 amide bonds. The molecule has 0 aliphatic carbocycles. The van der Waals surface area contributed by atoms with E-state index < -0.39 is 0 Å². The van der Waals surface area contributed by atoms with Crippen molar-refractivity contribution in [2.24, 2.45) is 0 Å². The van der Waals surface area contributed by atoms with Gasteiger partial charge in [0, 0.05) is 19.1 Å². The van der Waals surface area contributed by atoms with E-state index in [1.807, 2.05) is 0 Å². The summed E-state index contributed by atoms with van der Waals surface area (Å²) in [5.41, 5.74) is 0. The number of rotatable bonds is 3. The van der Waals surface area contributed by atoms with Crippen LogP contribution in [-0.2, 0) is 4.74 Å². The lowest BCUT2D eigenvalue weighted by Gasteiger charge is -2.31. The van der Waals surface area contributed by atoms with Crippen LogP contribution in [0.4, 0.5) is 4.79 Å². The second-order valence-electron chi connectivity index (χ2n) is 4.54. The molecule has 1 N–H and O–H groups in total. The predicted octanol–water partition coefficient (Wildman–Crippen LogP) is 2.28. The van der Waals surface area contributed by atoms with Gasteiger partial charge in [0.25, 0.3) is 5.91 Å². The zero-order chi connectivity index (χ0) is 14.5. The van der Waals surface area contributed by atoms with Crippen LogP contribution in [0.15, 0.2) is 16.5 Å². The first-order valence-electron chi connectivity index (χ1n) is 6.58. The first-order chi connectivity index (χ1) is 9.60. The van der Waals surface area contributed by atoms with Crippen LogP contribution in [0.1, 0.15) is 30.3 Å². The highest BCUT2D eigenvalue weighted by molar-refractivity contribution is 6.29. The molecule has 1 aromatic heterocycles. The number of nitrogens with zero attached hydrogens (tertiary/aromatic N) is 1. The molecule has 1 aliphatic heterocycles. The van der Waals surface area contributed by atoms with Gasteiger partial charge in [0.05, 0.1) is 6.61 Å². The first kappa shape index (κ1) is 14.7. The Kier molecular flexibility index (Phi) is 4.89. The third-order valence-electron chi connectivity index (χ3n) is 3.15. The van der Waals surface area contributed by atoms with Crippen molar-refractivity contribution in [3.05, 3.63) is 23.1 Å². The number of carbonyl (C=O) groups is 2. The minimum absolute atomic E-state index is 0.0250. The van der Waals surface area contributed by atoms with Crippen LogP contribution < -0.4 is 5.32 Å². The van der Waals surface area contributed by atoms with E-state index in [0.29, 0.717) is 32.5 Å². The molecule has 7 heteroatoms. The summed E-state index contributed by atoms with van der Waals surface area (Å²) in [6.07, 6.45) is 1.09. The Balaban J connectivity index is 1.80. The second kappa shape index (κ2) is 6.65. The van der Waals surface area contributed by atoms with Gasteiger partial charge in [0.2, 0.25) is 0 Å². The molecule has 0 radical (unpaired) electrons. The second-order valence-corrected chi connectivity index (χ2v) is 4.91. The minimum Gasteiger partial charge on any atom is -0.450 e. The van der Waals surface area contributed by atoms with Gasteiger partial charge in [-0.3, -0.25) is 4.79 Å². The molecular weight excluding hydrogens is 284 g/mol. The van der Waals surface area contributed by atoms with Crippen molar-refractivity contribution >= 4 is 23.6 Å². The van der Waals surface area contributed by atoms with Crippen molar-refractivity contribution in [2.45, 2.75) is 25.8 Å². The van der Waals surface area contributed by atoms with Gasteiger partial charge < -0.3 is 19.4 Å². The molecule has 1 fully saturated rings. The van der Waals surface area contributed by atoms with E-state index in [1.54, 1.807) is 11.8 Å². The molecule has 0 aromatic carbocycles. The molecule has 2 heterocycles. The van der Waals surface area contributed by atoms with E-state index in [1.165, 1.54) is 12.1 Å². The zero-order valence-electron chi connectivity index (χ0n) is 11.2. The van der Waals surface area contributed by atoms with E-state index in [4.69, 9.17) is 20.8 Å². The molecule has 1 aromatic rings. The fourth-order valence-electron chi connectivity index (χ4n) is 2.11. The Bertz CT molecular complexity index is 480. The number of amides is 2. The van der Waals surface area contributed by atoms with Crippen LogP contribution in [0.3, 0.4) is 0 Å². The number of piperidine rings is 1. The SMILES string of the molecule is CCOC(=O)N1CCC(NC(=O)c2ccc(Cl)o2)CC1. The van der Waals surface area contributed by atoms with Gasteiger partial charge in [0.15, 0.2) is 11.0 Å². The molecule has 110 valence electrons. The summed E-state index contributed by atoms with van der Waals surface area (Å²) in [5, 5.41) is 3.06. The van der Waals surface area contributed by atoms with Crippen LogP contribution in [0, 0.1) is 0 Å². The Hall–Kier alpha value is -1.69. The third kappa shape index (κ3) is 3.66. The van der Waals surface area contributed by atoms with Crippen LogP contribution in [0.2, 0.25) is 5.22 Å². The van der Waals surface area contributed by atoms with Gasteiger partial charge in [-0.1, -0.05) is 0 Å². The highest BCUT2D eigenvalue weighted by Crippen LogP contribution is 2.15. The zero-order valence-corrected chi connectivity index (χ0v) is 12.0. The molecule has 20 heavy (non-hydrogen) atoms. The van der Waals surface area contributed by atoms with Crippen LogP contribution in [0.5, 0.6) is 0 Å². The Labute approximate surface area is 122 Å². The van der Waals surface area contributed by atoms with E-state index in [0.717, 1.165) is 0 Å². The fourth-order valence-corrected chi connectivity index (χ4v) is 2.26. The fraction of sp³-hybridized carbons (Fsp3) is 0.538. The number of ether oxygens (including phenoxy) is 1. The Morgan fingerprint density at radius 2 is 2.15 bits per heavy atom. The molecule has 2 rings (SSSR count). The number of carbonyl (C=O) groups excluding carboxylic acids is 2. The van der Waals surface area contributed by atoms with Crippen molar-refractivity contribution < 1.29 is 18.7 Å². The van der Waals surface area contributed by atoms with Gasteiger partial charge in [0.1, 0.15) is 0 Å². The minimum atomic E-state index is -0.296. The molecule has 1 aliphatic rings. The molecule has 0 saturated carbocycles. The van der Waals surface area contributed by atoms with E-state index in [2.05, 4.69) is 5.32 Å². The Morgan fingerprint density at radius 1 is 1.45 bits per heavy atom. The van der Waals surface area contributed by atoms with Gasteiger partial charge in [-0.2, -0.15) is 0 Å². The van der Waals surface area contributed by atoms with Gasteiger partial charge >= 0.3 is 6.09 Å². The number of furan rings is 1. The van der Waals surface area contributed by atoms with E-state index in [-0.39, 0.29) is 29.0 Å². The van der Waals surface area contributed by atoms with Crippen molar-refractivity contribution in [2.75, 3.05) is 19.7 Å². The number of nitrogens with one attached hydrogen (secondary N) is 1. The monoisotopic (exact) mass is 300 g/mol. The largest absolute Gasteiger partial charge is 0.450 e. The lowest BCUT2D eigenvalue weighted by atomic mass is 10.1. The maximum atomic E-state index is 11.9. The van der Waals surface area contributed by atoms with Crippen molar-refractivity contribution in [3.8, 4) is 0 Å². The van der Waals surface area contributed by atoms with Crippen molar-refractivity contribution in [3.63, 3.8) is 0 Å². The normalized spacial score (nSPS) is 16.0.